The van der Waals surface area contributed by atoms with Crippen molar-refractivity contribution >= 4 is 34.5 Å². The van der Waals surface area contributed by atoms with Gasteiger partial charge in [-0.05, 0) is 72.7 Å². The van der Waals surface area contributed by atoms with E-state index in [-0.39, 0.29) is 34.9 Å². The predicted molar refractivity (Wildman–Crippen MR) is 133 cm³/mol. The van der Waals surface area contributed by atoms with Crippen molar-refractivity contribution in [2.24, 2.45) is 10.2 Å². The lowest BCUT2D eigenvalue weighted by molar-refractivity contribution is 0.0601. The van der Waals surface area contributed by atoms with E-state index in [1.54, 1.807) is 6.92 Å². The zero-order chi connectivity index (χ0) is 24.2. The molecular formula is C26H24N2O5S. The summed E-state index contributed by atoms with van der Waals surface area (Å²) in [6, 6.07) is 10.4. The van der Waals surface area contributed by atoms with Crippen LogP contribution in [0.4, 0.5) is 5.69 Å². The van der Waals surface area contributed by atoms with Gasteiger partial charge < -0.3 is 9.84 Å². The van der Waals surface area contributed by atoms with Crippen LogP contribution in [0.15, 0.2) is 51.9 Å². The summed E-state index contributed by atoms with van der Waals surface area (Å²) in [5.41, 5.74) is 4.87. The summed E-state index contributed by atoms with van der Waals surface area (Å²) in [7, 11) is 1.20. The van der Waals surface area contributed by atoms with Crippen LogP contribution in [0, 0.1) is 4.91 Å². The van der Waals surface area contributed by atoms with E-state index in [2.05, 4.69) is 27.0 Å². The molecule has 1 N–H and O–H groups in total. The minimum atomic E-state index is -0.704. The average Bonchev–Trinajstić information content (AvgIpc) is 3.27. The van der Waals surface area contributed by atoms with Gasteiger partial charge in [0.1, 0.15) is 18.0 Å². The van der Waals surface area contributed by atoms with Crippen molar-refractivity contribution in [1.82, 2.24) is 0 Å². The van der Waals surface area contributed by atoms with E-state index in [4.69, 9.17) is 0 Å². The first kappa shape index (κ1) is 23.5. The van der Waals surface area contributed by atoms with Gasteiger partial charge >= 0.3 is 5.97 Å². The molecule has 0 aliphatic heterocycles. The summed E-state index contributed by atoms with van der Waals surface area (Å²) in [6.45, 7) is 1.57. The topological polar surface area (TPSA) is 105 Å². The summed E-state index contributed by atoms with van der Waals surface area (Å²) in [5.74, 6) is -0.889. The summed E-state index contributed by atoms with van der Waals surface area (Å²) >= 11 is 1.44. The van der Waals surface area contributed by atoms with Crippen LogP contribution in [0.25, 0.3) is 10.4 Å². The molecule has 0 fully saturated rings. The molecule has 0 unspecified atom stereocenters. The van der Waals surface area contributed by atoms with Crippen molar-refractivity contribution in [1.29, 1.82) is 0 Å². The molecule has 3 aromatic rings. The highest BCUT2D eigenvalue weighted by Gasteiger charge is 2.18. The minimum absolute atomic E-state index is 0.00775. The van der Waals surface area contributed by atoms with Crippen LogP contribution in [0.1, 0.15) is 57.2 Å². The fraction of sp³-hybridized carbons (Fsp3) is 0.269. The number of aromatic hydroxyl groups is 1. The number of aryl methyl sites for hydroxylation is 2. The molecule has 1 aromatic heterocycles. The number of nitroso groups, excluding NO2 is 1. The molecule has 7 nitrogen and oxygen atoms in total. The van der Waals surface area contributed by atoms with E-state index in [1.165, 1.54) is 60.6 Å². The molecule has 4 rings (SSSR count). The van der Waals surface area contributed by atoms with E-state index in [9.17, 15) is 19.6 Å². The molecule has 0 bridgehead atoms. The number of methoxy groups -OCH3 is 1. The van der Waals surface area contributed by atoms with Crippen molar-refractivity contribution in [3.8, 4) is 16.2 Å². The fourth-order valence-corrected chi connectivity index (χ4v) is 5.12. The maximum atomic E-state index is 12.6. The van der Waals surface area contributed by atoms with E-state index in [0.717, 1.165) is 23.3 Å². The molecule has 0 atom stereocenters. The van der Waals surface area contributed by atoms with E-state index >= 15 is 0 Å². The summed E-state index contributed by atoms with van der Waals surface area (Å²) < 4.78 is 4.61. The van der Waals surface area contributed by atoms with Gasteiger partial charge in [0.25, 0.3) is 0 Å². The van der Waals surface area contributed by atoms with Gasteiger partial charge in [0, 0.05) is 22.2 Å². The van der Waals surface area contributed by atoms with Gasteiger partial charge in [-0.25, -0.2) is 4.79 Å². The Balaban J connectivity index is 1.52. The lowest BCUT2D eigenvalue weighted by Crippen LogP contribution is -2.08. The monoisotopic (exact) mass is 476 g/mol. The van der Waals surface area contributed by atoms with Crippen LogP contribution in [0.5, 0.6) is 5.75 Å². The fourth-order valence-electron chi connectivity index (χ4n) is 4.12. The van der Waals surface area contributed by atoms with Crippen molar-refractivity contribution in [3.63, 3.8) is 0 Å². The van der Waals surface area contributed by atoms with Gasteiger partial charge in [0.2, 0.25) is 0 Å². The molecule has 174 valence electrons. The Bertz CT molecular complexity index is 1310. The van der Waals surface area contributed by atoms with Gasteiger partial charge in [-0.1, -0.05) is 18.2 Å². The Labute approximate surface area is 201 Å². The second-order valence-electron chi connectivity index (χ2n) is 8.16. The molecule has 0 radical (unpaired) electrons. The Morgan fingerprint density at radius 3 is 2.56 bits per heavy atom. The Morgan fingerprint density at radius 2 is 1.82 bits per heavy atom. The van der Waals surface area contributed by atoms with Crippen molar-refractivity contribution in [3.05, 3.63) is 74.5 Å². The smallest absolute Gasteiger partial charge is 0.340 e. The van der Waals surface area contributed by atoms with Gasteiger partial charge in [0.15, 0.2) is 5.78 Å². The number of rotatable bonds is 7. The maximum absolute atomic E-state index is 12.6. The van der Waals surface area contributed by atoms with Gasteiger partial charge in [-0.3, -0.25) is 9.79 Å². The molecule has 0 saturated heterocycles. The summed E-state index contributed by atoms with van der Waals surface area (Å²) in [6.07, 6.45) is 4.57. The van der Waals surface area contributed by atoms with E-state index in [1.807, 2.05) is 11.4 Å². The zero-order valence-corrected chi connectivity index (χ0v) is 19.8. The second kappa shape index (κ2) is 10.1. The van der Waals surface area contributed by atoms with Crippen LogP contribution < -0.4 is 0 Å². The standard InChI is InChI=1S/C26H24N2O5S/c1-15(27-13-23(29)18-9-10-20(26(31)33-2)22(12-18)28-32)21-14-34-25(24(21)30)19-8-7-16-5-3-4-6-17(16)11-19/h7-12,14,30H,3-6,13H2,1-2H3. The predicted octanol–water partition coefficient (Wildman–Crippen LogP) is 5.88. The van der Waals surface area contributed by atoms with E-state index in [0.29, 0.717) is 11.3 Å². The lowest BCUT2D eigenvalue weighted by Gasteiger charge is -2.16. The number of fused-ring (bicyclic) bond motifs is 1. The highest BCUT2D eigenvalue weighted by Crippen LogP contribution is 2.40. The number of hydrogen-bond donors (Lipinski definition) is 1. The highest BCUT2D eigenvalue weighted by molar-refractivity contribution is 7.14. The third kappa shape index (κ3) is 4.68. The number of thiophene rings is 1. The number of ether oxygens (including phenoxy) is 1. The molecule has 1 heterocycles. The van der Waals surface area contributed by atoms with Crippen LogP contribution >= 0.6 is 11.3 Å². The molecule has 0 amide bonds. The van der Waals surface area contributed by atoms with Gasteiger partial charge in [0.05, 0.1) is 17.6 Å². The van der Waals surface area contributed by atoms with Crippen molar-refractivity contribution in [2.45, 2.75) is 32.6 Å². The molecular weight excluding hydrogens is 452 g/mol. The van der Waals surface area contributed by atoms with Gasteiger partial charge in [-0.15, -0.1) is 16.2 Å². The first-order valence-electron chi connectivity index (χ1n) is 11.0. The highest BCUT2D eigenvalue weighted by atomic mass is 32.1. The number of carbonyl (C=O) groups excluding carboxylic acids is 2. The molecule has 34 heavy (non-hydrogen) atoms. The largest absolute Gasteiger partial charge is 0.506 e. The third-order valence-electron chi connectivity index (χ3n) is 6.05. The van der Waals surface area contributed by atoms with Crippen molar-refractivity contribution < 1.29 is 19.4 Å². The number of benzene rings is 2. The minimum Gasteiger partial charge on any atom is -0.506 e. The molecule has 2 aromatic carbocycles. The van der Waals surface area contributed by atoms with Crippen LogP contribution in [-0.4, -0.2) is 36.2 Å². The first-order valence-corrected chi connectivity index (χ1v) is 11.8. The maximum Gasteiger partial charge on any atom is 0.340 e. The molecule has 1 aliphatic rings. The third-order valence-corrected chi connectivity index (χ3v) is 7.07. The summed E-state index contributed by atoms with van der Waals surface area (Å²) in [4.78, 5) is 40.5. The first-order chi connectivity index (χ1) is 16.4. The number of Topliss-reactive ketones (excluding diaryl/α,β-unsaturated/α-hetero) is 1. The average molecular weight is 477 g/mol. The number of nitrogens with zero attached hydrogens (tertiary/aromatic N) is 2. The number of aliphatic imine (C=N–C) groups is 1. The lowest BCUT2D eigenvalue weighted by atomic mass is 9.90. The number of carbonyl (C=O) groups is 2. The molecule has 8 heteroatoms. The Morgan fingerprint density at radius 1 is 1.06 bits per heavy atom. The molecule has 1 aliphatic carbocycles. The van der Waals surface area contributed by atoms with Gasteiger partial charge in [-0.2, -0.15) is 0 Å². The zero-order valence-electron chi connectivity index (χ0n) is 19.0. The Kier molecular flexibility index (Phi) is 6.98. The SMILES string of the molecule is COC(=O)c1ccc(C(=O)CN=C(C)c2csc(-c3ccc4c(c3)CCCC4)c2O)cc1N=O. The van der Waals surface area contributed by atoms with Crippen LogP contribution in [0.3, 0.4) is 0 Å². The van der Waals surface area contributed by atoms with Crippen LogP contribution in [0.2, 0.25) is 0 Å². The molecule has 0 spiro atoms. The normalized spacial score (nSPS) is 13.3. The quantitative estimate of drug-likeness (QED) is 0.198. The summed E-state index contributed by atoms with van der Waals surface area (Å²) in [5, 5.41) is 15.5. The number of esters is 1. The number of hydrogen-bond acceptors (Lipinski definition) is 8. The van der Waals surface area contributed by atoms with E-state index < -0.39 is 5.97 Å². The Hall–Kier alpha value is -3.65. The molecule has 0 saturated carbocycles. The van der Waals surface area contributed by atoms with Crippen molar-refractivity contribution in [2.75, 3.05) is 13.7 Å². The number of ketones is 1. The van der Waals surface area contributed by atoms with Crippen LogP contribution in [-0.2, 0) is 17.6 Å². The second-order valence-corrected chi connectivity index (χ2v) is 9.04.